The van der Waals surface area contributed by atoms with Crippen molar-refractivity contribution in [3.05, 3.63) is 101 Å². The highest BCUT2D eigenvalue weighted by Gasteiger charge is 2.28. The van der Waals surface area contributed by atoms with Crippen LogP contribution >= 0.6 is 0 Å². The van der Waals surface area contributed by atoms with Gasteiger partial charge < -0.3 is 15.1 Å². The molecule has 0 aliphatic carbocycles. The van der Waals surface area contributed by atoms with Crippen molar-refractivity contribution in [2.75, 3.05) is 32.4 Å². The molecule has 1 heterocycles. The number of carbonyl (C=O) groups is 2. The maximum atomic E-state index is 14.0. The summed E-state index contributed by atoms with van der Waals surface area (Å²) in [5.74, 6) is -1.31. The number of halogens is 2. The fourth-order valence-electron chi connectivity index (χ4n) is 5.45. The smallest absolute Gasteiger partial charge is 0.251 e. The summed E-state index contributed by atoms with van der Waals surface area (Å²) in [6, 6.07) is 17.7. The second-order valence-electron chi connectivity index (χ2n) is 10.7. The van der Waals surface area contributed by atoms with Crippen LogP contribution in [0.2, 0.25) is 0 Å². The van der Waals surface area contributed by atoms with Crippen molar-refractivity contribution < 1.29 is 26.8 Å². The standard InChI is InChI=1S/C32H37F2N3O4S/c1-3-37(31(38)20-23-10-12-29(13-11-23)42(2,40)41)28-14-17-36(18-15-28)19-16-30(24-6-4-8-26(33)21-24)35-32(39)25-7-5-9-27(34)22-25/h4-13,21-22,28,30H,3,14-20H2,1-2H3,(H,35,39)/t30-/m0/s1. The van der Waals surface area contributed by atoms with Crippen LogP contribution in [-0.4, -0.2) is 68.5 Å². The van der Waals surface area contributed by atoms with Crippen molar-refractivity contribution in [2.24, 2.45) is 0 Å². The molecule has 224 valence electrons. The number of likely N-dealkylation sites (tertiary alicyclic amines) is 1. The molecule has 0 spiro atoms. The van der Waals surface area contributed by atoms with Crippen molar-refractivity contribution in [1.82, 2.24) is 15.1 Å². The van der Waals surface area contributed by atoms with Gasteiger partial charge in [0.05, 0.1) is 17.4 Å². The van der Waals surface area contributed by atoms with Crippen LogP contribution < -0.4 is 5.32 Å². The van der Waals surface area contributed by atoms with Crippen LogP contribution in [0, 0.1) is 11.6 Å². The summed E-state index contributed by atoms with van der Waals surface area (Å²) in [7, 11) is -3.29. The third-order valence-corrected chi connectivity index (χ3v) is 8.87. The van der Waals surface area contributed by atoms with Crippen LogP contribution in [0.15, 0.2) is 77.7 Å². The van der Waals surface area contributed by atoms with E-state index in [1.165, 1.54) is 48.5 Å². The Hall–Kier alpha value is -3.63. The van der Waals surface area contributed by atoms with Gasteiger partial charge in [0.2, 0.25) is 5.91 Å². The van der Waals surface area contributed by atoms with E-state index in [9.17, 15) is 26.8 Å². The maximum Gasteiger partial charge on any atom is 0.251 e. The molecule has 1 aliphatic rings. The van der Waals surface area contributed by atoms with Crippen LogP contribution in [0.1, 0.15) is 53.7 Å². The van der Waals surface area contributed by atoms with Crippen LogP contribution in [0.4, 0.5) is 8.78 Å². The lowest BCUT2D eigenvalue weighted by atomic mass is 9.99. The second kappa shape index (κ2) is 14.0. The quantitative estimate of drug-likeness (QED) is 0.344. The van der Waals surface area contributed by atoms with Crippen LogP contribution in [-0.2, 0) is 21.1 Å². The van der Waals surface area contributed by atoms with Gasteiger partial charge in [0, 0.05) is 44.0 Å². The van der Waals surface area contributed by atoms with E-state index in [2.05, 4.69) is 10.2 Å². The molecular weight excluding hydrogens is 560 g/mol. The number of carbonyl (C=O) groups excluding carboxylic acids is 2. The van der Waals surface area contributed by atoms with Crippen LogP contribution in [0.25, 0.3) is 0 Å². The lowest BCUT2D eigenvalue weighted by molar-refractivity contribution is -0.133. The Kier molecular flexibility index (Phi) is 10.5. The highest BCUT2D eigenvalue weighted by Crippen LogP contribution is 2.23. The molecule has 3 aromatic rings. The van der Waals surface area contributed by atoms with Gasteiger partial charge in [-0.05, 0) is 79.8 Å². The SMILES string of the molecule is CCN(C(=O)Cc1ccc(S(C)(=O)=O)cc1)C1CCN(CC[C@H](NC(=O)c2cccc(F)c2)c2cccc(F)c2)CC1. The summed E-state index contributed by atoms with van der Waals surface area (Å²) < 4.78 is 51.1. The van der Waals surface area contributed by atoms with Crippen molar-refractivity contribution in [3.63, 3.8) is 0 Å². The number of likely N-dealkylation sites (N-methyl/N-ethyl adjacent to an activating group) is 1. The van der Waals surface area contributed by atoms with E-state index in [-0.39, 0.29) is 28.8 Å². The first kappa shape index (κ1) is 31.3. The number of nitrogens with one attached hydrogen (secondary N) is 1. The number of piperidine rings is 1. The molecule has 1 N–H and O–H groups in total. The van der Waals surface area contributed by atoms with Crippen molar-refractivity contribution in [2.45, 2.75) is 49.6 Å². The van der Waals surface area contributed by atoms with Crippen LogP contribution in [0.3, 0.4) is 0 Å². The fraction of sp³-hybridized carbons (Fsp3) is 0.375. The maximum absolute atomic E-state index is 14.0. The number of hydrogen-bond donors (Lipinski definition) is 1. The zero-order chi connectivity index (χ0) is 30.3. The van der Waals surface area contributed by atoms with E-state index in [4.69, 9.17) is 0 Å². The van der Waals surface area contributed by atoms with Gasteiger partial charge >= 0.3 is 0 Å². The van der Waals surface area contributed by atoms with Gasteiger partial charge in [0.1, 0.15) is 11.6 Å². The van der Waals surface area contributed by atoms with E-state index in [0.29, 0.717) is 25.1 Å². The summed E-state index contributed by atoms with van der Waals surface area (Å²) in [6.07, 6.45) is 3.50. The summed E-state index contributed by atoms with van der Waals surface area (Å²) in [4.78, 5) is 30.4. The lowest BCUT2D eigenvalue weighted by Crippen LogP contribution is -2.48. The number of benzene rings is 3. The summed E-state index contributed by atoms with van der Waals surface area (Å²) in [5.41, 5.74) is 1.61. The van der Waals surface area contributed by atoms with E-state index >= 15 is 0 Å². The minimum atomic E-state index is -3.29. The first-order valence-corrected chi connectivity index (χ1v) is 16.1. The minimum absolute atomic E-state index is 0.00860. The van der Waals surface area contributed by atoms with Gasteiger partial charge in [-0.25, -0.2) is 17.2 Å². The zero-order valence-electron chi connectivity index (χ0n) is 23.9. The Labute approximate surface area is 246 Å². The topological polar surface area (TPSA) is 86.8 Å². The molecule has 1 aliphatic heterocycles. The van der Waals surface area contributed by atoms with Crippen molar-refractivity contribution in [3.8, 4) is 0 Å². The molecule has 0 bridgehead atoms. The van der Waals surface area contributed by atoms with E-state index in [0.717, 1.165) is 37.8 Å². The molecule has 0 radical (unpaired) electrons. The molecule has 42 heavy (non-hydrogen) atoms. The molecule has 0 unspecified atom stereocenters. The fourth-order valence-corrected chi connectivity index (χ4v) is 6.08. The molecule has 0 aromatic heterocycles. The Balaban J connectivity index is 1.33. The lowest BCUT2D eigenvalue weighted by Gasteiger charge is -2.38. The number of hydrogen-bond acceptors (Lipinski definition) is 5. The Morgan fingerprint density at radius 3 is 2.21 bits per heavy atom. The Morgan fingerprint density at radius 1 is 0.976 bits per heavy atom. The van der Waals surface area contributed by atoms with Crippen molar-refractivity contribution in [1.29, 1.82) is 0 Å². The monoisotopic (exact) mass is 597 g/mol. The minimum Gasteiger partial charge on any atom is -0.345 e. The molecule has 1 atom stereocenters. The predicted molar refractivity (Wildman–Crippen MR) is 158 cm³/mol. The summed E-state index contributed by atoms with van der Waals surface area (Å²) in [6.45, 7) is 4.74. The number of amides is 2. The van der Waals surface area contributed by atoms with Gasteiger partial charge in [-0.15, -0.1) is 0 Å². The molecule has 1 fully saturated rings. The van der Waals surface area contributed by atoms with Gasteiger partial charge in [-0.2, -0.15) is 0 Å². The largest absolute Gasteiger partial charge is 0.345 e. The van der Waals surface area contributed by atoms with Gasteiger partial charge in [-0.1, -0.05) is 30.3 Å². The molecular formula is C32H37F2N3O4S. The predicted octanol–water partition coefficient (Wildman–Crippen LogP) is 4.79. The normalized spacial score (nSPS) is 15.2. The molecule has 2 amide bonds. The molecule has 4 rings (SSSR count). The summed E-state index contributed by atoms with van der Waals surface area (Å²) in [5, 5.41) is 2.94. The molecule has 1 saturated heterocycles. The number of sulfone groups is 1. The third-order valence-electron chi connectivity index (χ3n) is 7.74. The van der Waals surface area contributed by atoms with Crippen molar-refractivity contribution >= 4 is 21.7 Å². The second-order valence-corrected chi connectivity index (χ2v) is 12.7. The van der Waals surface area contributed by atoms with E-state index in [1.807, 2.05) is 11.8 Å². The average Bonchev–Trinajstić information content (AvgIpc) is 2.96. The third kappa shape index (κ3) is 8.45. The van der Waals surface area contributed by atoms with E-state index in [1.54, 1.807) is 24.3 Å². The highest BCUT2D eigenvalue weighted by molar-refractivity contribution is 7.90. The van der Waals surface area contributed by atoms with Gasteiger partial charge in [0.15, 0.2) is 9.84 Å². The Morgan fingerprint density at radius 2 is 1.62 bits per heavy atom. The van der Waals surface area contributed by atoms with Gasteiger partial charge in [-0.3, -0.25) is 9.59 Å². The molecule has 10 heteroatoms. The van der Waals surface area contributed by atoms with E-state index < -0.39 is 33.4 Å². The molecule has 7 nitrogen and oxygen atoms in total. The molecule has 3 aromatic carbocycles. The summed E-state index contributed by atoms with van der Waals surface area (Å²) >= 11 is 0. The van der Waals surface area contributed by atoms with Crippen LogP contribution in [0.5, 0.6) is 0 Å². The van der Waals surface area contributed by atoms with Gasteiger partial charge in [0.25, 0.3) is 5.91 Å². The first-order valence-electron chi connectivity index (χ1n) is 14.2. The molecule has 0 saturated carbocycles. The first-order chi connectivity index (χ1) is 20.0. The number of rotatable bonds is 11. The zero-order valence-corrected chi connectivity index (χ0v) is 24.7. The Bertz CT molecular complexity index is 1490. The average molecular weight is 598 g/mol. The number of nitrogens with zero attached hydrogens (tertiary/aromatic N) is 2. The highest BCUT2D eigenvalue weighted by atomic mass is 32.2.